The molecule has 0 radical (unpaired) electrons. The topological polar surface area (TPSA) is 142 Å². The van der Waals surface area contributed by atoms with Crippen molar-refractivity contribution in [2.24, 2.45) is 0 Å². The van der Waals surface area contributed by atoms with Crippen molar-refractivity contribution in [3.8, 4) is 6.07 Å². The Morgan fingerprint density at radius 1 is 1.29 bits per heavy atom. The van der Waals surface area contributed by atoms with Gasteiger partial charge in [0, 0.05) is 31.8 Å². The Hall–Kier alpha value is -3.96. The normalized spacial score (nSPS) is 19.0. The summed E-state index contributed by atoms with van der Waals surface area (Å²) in [7, 11) is 2.75. The Balaban J connectivity index is 1.51. The summed E-state index contributed by atoms with van der Waals surface area (Å²) in [5.41, 5.74) is 0.750. The summed E-state index contributed by atoms with van der Waals surface area (Å²) in [6.45, 7) is 0.535. The number of methoxy groups -OCH3 is 2. The smallest absolute Gasteiger partial charge is 0.407 e. The van der Waals surface area contributed by atoms with Gasteiger partial charge in [-0.25, -0.2) is 18.6 Å². The number of rotatable bonds is 8. The molecule has 15 heteroatoms. The number of nitrogens with zero attached hydrogens (tertiary/aromatic N) is 6. The number of halogens is 3. The van der Waals surface area contributed by atoms with Crippen molar-refractivity contribution in [2.45, 2.75) is 37.5 Å². The molecule has 1 saturated heterocycles. The number of anilines is 4. The number of alkyl halides is 2. The Labute approximate surface area is 220 Å². The van der Waals surface area contributed by atoms with Gasteiger partial charge in [0.1, 0.15) is 6.07 Å². The molecule has 5 rings (SSSR count). The highest BCUT2D eigenvalue weighted by Gasteiger charge is 2.36. The quantitative estimate of drug-likeness (QED) is 0.384. The van der Waals surface area contributed by atoms with Crippen LogP contribution in [0.25, 0.3) is 5.65 Å². The van der Waals surface area contributed by atoms with E-state index in [0.717, 1.165) is 12.8 Å². The van der Waals surface area contributed by atoms with Crippen LogP contribution in [0.4, 0.5) is 36.7 Å². The molecule has 38 heavy (non-hydrogen) atoms. The average molecular weight is 548 g/mol. The molecule has 1 saturated carbocycles. The van der Waals surface area contributed by atoms with Gasteiger partial charge in [-0.1, -0.05) is 11.6 Å². The van der Waals surface area contributed by atoms with Crippen molar-refractivity contribution in [1.82, 2.24) is 24.9 Å². The molecule has 3 N–H and O–H groups in total. The van der Waals surface area contributed by atoms with Crippen LogP contribution in [0.2, 0.25) is 5.02 Å². The average Bonchev–Trinajstić information content (AvgIpc) is 3.47. The molecule has 2 aliphatic rings. The zero-order valence-electron chi connectivity index (χ0n) is 20.4. The Morgan fingerprint density at radius 3 is 2.74 bits per heavy atom. The third-order valence-electron chi connectivity index (χ3n) is 6.37. The highest BCUT2D eigenvalue weighted by molar-refractivity contribution is 6.36. The number of fused-ring (bicyclic) bond motifs is 1. The number of amides is 1. The molecule has 12 nitrogen and oxygen atoms in total. The van der Waals surface area contributed by atoms with Gasteiger partial charge in [-0.2, -0.15) is 14.8 Å². The fourth-order valence-electron chi connectivity index (χ4n) is 4.29. The standard InChI is InChI=1S/C23H24ClF2N9O3/c1-37-17-10-34(9-15(17)31-23(36)38-2)16-6-11(19(25)26)5-14(18(16)24)30-22-32-20(29-12-3-4-12)21-28-8-13(7-27)35(21)33-22/h5-6,8,12,15,17,19H,3-4,9-10H2,1-2H3,(H,31,36)(H2,29,30,32,33)/t15-,17+/m0/s1. The molecule has 2 aromatic heterocycles. The van der Waals surface area contributed by atoms with Crippen molar-refractivity contribution >= 4 is 46.5 Å². The highest BCUT2D eigenvalue weighted by Crippen LogP contribution is 2.40. The Morgan fingerprint density at radius 2 is 2.08 bits per heavy atom. The largest absolute Gasteiger partial charge is 0.453 e. The van der Waals surface area contributed by atoms with Gasteiger partial charge in [-0.05, 0) is 25.0 Å². The summed E-state index contributed by atoms with van der Waals surface area (Å²) >= 11 is 6.73. The first kappa shape index (κ1) is 25.7. The van der Waals surface area contributed by atoms with Gasteiger partial charge < -0.3 is 30.3 Å². The van der Waals surface area contributed by atoms with Crippen LogP contribution in [0.1, 0.15) is 30.5 Å². The molecule has 1 amide bonds. The minimum absolute atomic E-state index is 0.0378. The maximum absolute atomic E-state index is 13.9. The minimum atomic E-state index is -2.79. The second-order valence-corrected chi connectivity index (χ2v) is 9.32. The molecule has 1 aromatic carbocycles. The molecule has 0 spiro atoms. The van der Waals surface area contributed by atoms with Crippen LogP contribution in [0, 0.1) is 11.3 Å². The predicted molar refractivity (Wildman–Crippen MR) is 134 cm³/mol. The van der Waals surface area contributed by atoms with E-state index in [4.69, 9.17) is 16.3 Å². The number of carbonyl (C=O) groups is 1. The first-order valence-electron chi connectivity index (χ1n) is 11.7. The number of ether oxygens (including phenoxy) is 2. The fourth-order valence-corrected chi connectivity index (χ4v) is 4.56. The van der Waals surface area contributed by atoms with Gasteiger partial charge in [-0.15, -0.1) is 5.10 Å². The van der Waals surface area contributed by atoms with E-state index in [1.165, 1.54) is 37.1 Å². The lowest BCUT2D eigenvalue weighted by atomic mass is 10.1. The molecule has 200 valence electrons. The molecule has 3 aromatic rings. The van der Waals surface area contributed by atoms with E-state index in [1.807, 2.05) is 6.07 Å². The first-order chi connectivity index (χ1) is 18.3. The molecule has 2 atom stereocenters. The van der Waals surface area contributed by atoms with Crippen molar-refractivity contribution < 1.29 is 23.0 Å². The number of aromatic nitrogens is 4. The highest BCUT2D eigenvalue weighted by atomic mass is 35.5. The van der Waals surface area contributed by atoms with Crippen molar-refractivity contribution in [3.63, 3.8) is 0 Å². The van der Waals surface area contributed by atoms with E-state index in [9.17, 15) is 18.8 Å². The number of nitriles is 1. The summed E-state index contributed by atoms with van der Waals surface area (Å²) < 4.78 is 39.3. The third kappa shape index (κ3) is 5.07. The monoisotopic (exact) mass is 547 g/mol. The summed E-state index contributed by atoms with van der Waals surface area (Å²) in [5, 5.41) is 22.8. The Kier molecular flexibility index (Phi) is 7.04. The number of carbonyl (C=O) groups excluding carboxylic acids is 1. The Bertz CT molecular complexity index is 1410. The zero-order chi connectivity index (χ0) is 27.0. The third-order valence-corrected chi connectivity index (χ3v) is 6.76. The lowest BCUT2D eigenvalue weighted by molar-refractivity contribution is 0.0922. The maximum Gasteiger partial charge on any atom is 0.407 e. The van der Waals surface area contributed by atoms with E-state index in [0.29, 0.717) is 17.2 Å². The van der Waals surface area contributed by atoms with Crippen LogP contribution in [-0.2, 0) is 9.47 Å². The number of hydrogen-bond donors (Lipinski definition) is 3. The molecular formula is C23H24ClF2N9O3. The van der Waals surface area contributed by atoms with Gasteiger partial charge in [0.05, 0.1) is 41.8 Å². The lowest BCUT2D eigenvalue weighted by Crippen LogP contribution is -2.43. The number of imidazole rings is 1. The number of alkyl carbamates (subject to hydrolysis) is 1. The summed E-state index contributed by atoms with van der Waals surface area (Å²) in [6.07, 6.45) is -0.517. The zero-order valence-corrected chi connectivity index (χ0v) is 21.2. The summed E-state index contributed by atoms with van der Waals surface area (Å²) in [6, 6.07) is 4.33. The number of nitrogens with one attached hydrogen (secondary N) is 3. The molecule has 1 aliphatic carbocycles. The van der Waals surface area contributed by atoms with Crippen molar-refractivity contribution in [3.05, 3.63) is 34.6 Å². The van der Waals surface area contributed by atoms with Crippen LogP contribution >= 0.6 is 11.6 Å². The predicted octanol–water partition coefficient (Wildman–Crippen LogP) is 3.46. The van der Waals surface area contributed by atoms with Crippen molar-refractivity contribution in [1.29, 1.82) is 5.26 Å². The van der Waals surface area contributed by atoms with E-state index in [1.54, 1.807) is 4.90 Å². The number of hydrogen-bond acceptors (Lipinski definition) is 10. The van der Waals surface area contributed by atoms with E-state index in [2.05, 4.69) is 35.8 Å². The lowest BCUT2D eigenvalue weighted by Gasteiger charge is -2.23. The molecule has 0 bridgehead atoms. The minimum Gasteiger partial charge on any atom is -0.453 e. The van der Waals surface area contributed by atoms with Gasteiger partial charge >= 0.3 is 6.09 Å². The summed E-state index contributed by atoms with van der Waals surface area (Å²) in [4.78, 5) is 22.2. The second kappa shape index (κ2) is 10.4. The molecule has 1 aliphatic heterocycles. The summed E-state index contributed by atoms with van der Waals surface area (Å²) in [5.74, 6) is 0.447. The maximum atomic E-state index is 13.9. The van der Waals surface area contributed by atoms with Gasteiger partial charge in [0.25, 0.3) is 6.43 Å². The van der Waals surface area contributed by atoms with Crippen LogP contribution < -0.4 is 20.9 Å². The van der Waals surface area contributed by atoms with Crippen LogP contribution in [0.15, 0.2) is 18.3 Å². The van der Waals surface area contributed by atoms with Crippen molar-refractivity contribution in [2.75, 3.05) is 42.8 Å². The van der Waals surface area contributed by atoms with Crippen LogP contribution in [-0.4, -0.2) is 71.2 Å². The molecule has 0 unspecified atom stereocenters. The molecule has 2 fully saturated rings. The van der Waals surface area contributed by atoms with E-state index in [-0.39, 0.29) is 47.0 Å². The fraction of sp³-hybridized carbons (Fsp3) is 0.435. The SMILES string of the molecule is COC(=O)N[C@H]1CN(c2cc(C(F)F)cc(Nc3nc(NC4CC4)c4ncc(C#N)n4n3)c2Cl)C[C@H]1OC. The van der Waals surface area contributed by atoms with E-state index >= 15 is 0 Å². The molecule has 3 heterocycles. The van der Waals surface area contributed by atoms with Gasteiger partial charge in [0.15, 0.2) is 17.2 Å². The van der Waals surface area contributed by atoms with Gasteiger partial charge in [0.2, 0.25) is 5.95 Å². The molecular weight excluding hydrogens is 524 g/mol. The second-order valence-electron chi connectivity index (χ2n) is 8.94. The van der Waals surface area contributed by atoms with Crippen LogP contribution in [0.5, 0.6) is 0 Å². The number of benzene rings is 1. The first-order valence-corrected chi connectivity index (χ1v) is 12.1. The van der Waals surface area contributed by atoms with Gasteiger partial charge in [-0.3, -0.25) is 0 Å². The van der Waals surface area contributed by atoms with Crippen LogP contribution in [0.3, 0.4) is 0 Å². The van der Waals surface area contributed by atoms with E-state index < -0.39 is 24.7 Å².